The van der Waals surface area contributed by atoms with Crippen molar-refractivity contribution in [2.75, 3.05) is 13.1 Å². The molecule has 0 bridgehead atoms. The molecule has 0 aliphatic carbocycles. The number of aromatic nitrogens is 1. The minimum atomic E-state index is -0.748. The zero-order valence-electron chi connectivity index (χ0n) is 11.9. The molecule has 1 amide bonds. The lowest BCUT2D eigenvalue weighted by atomic mass is 9.75. The highest BCUT2D eigenvalue weighted by Crippen LogP contribution is 2.36. The summed E-state index contributed by atoms with van der Waals surface area (Å²) in [4.78, 5) is 29.3. The number of carboxylic acid groups (broad SMARTS) is 1. The van der Waals surface area contributed by atoms with Crippen LogP contribution >= 0.6 is 0 Å². The van der Waals surface area contributed by atoms with Crippen molar-refractivity contribution in [3.05, 3.63) is 17.8 Å². The summed E-state index contributed by atoms with van der Waals surface area (Å²) in [5, 5.41) is 9.44. The van der Waals surface area contributed by atoms with E-state index in [1.54, 1.807) is 11.8 Å². The number of piperidine rings is 1. The van der Waals surface area contributed by atoms with Crippen LogP contribution in [0.4, 0.5) is 0 Å². The lowest BCUT2D eigenvalue weighted by Gasteiger charge is -2.38. The van der Waals surface area contributed by atoms with Gasteiger partial charge in [-0.25, -0.2) is 4.98 Å². The van der Waals surface area contributed by atoms with Crippen molar-refractivity contribution >= 4 is 11.9 Å². The van der Waals surface area contributed by atoms with Crippen LogP contribution in [0.15, 0.2) is 10.8 Å². The third-order valence-electron chi connectivity index (χ3n) is 4.13. The second kappa shape index (κ2) is 5.64. The van der Waals surface area contributed by atoms with E-state index in [1.165, 1.54) is 6.39 Å². The van der Waals surface area contributed by atoms with E-state index in [1.807, 2.05) is 6.92 Å². The highest BCUT2D eigenvalue weighted by Gasteiger charge is 2.42. The van der Waals surface area contributed by atoms with Crippen LogP contribution in [-0.2, 0) is 4.79 Å². The Kier molecular flexibility index (Phi) is 4.11. The third-order valence-corrected chi connectivity index (χ3v) is 4.13. The van der Waals surface area contributed by atoms with E-state index >= 15 is 0 Å². The van der Waals surface area contributed by atoms with E-state index in [-0.39, 0.29) is 11.7 Å². The summed E-state index contributed by atoms with van der Waals surface area (Å²) in [6.07, 6.45) is 3.74. The first kappa shape index (κ1) is 14.6. The predicted octanol–water partition coefficient (Wildman–Crippen LogP) is 2.09. The van der Waals surface area contributed by atoms with E-state index in [2.05, 4.69) is 4.98 Å². The van der Waals surface area contributed by atoms with Crippen LogP contribution < -0.4 is 0 Å². The van der Waals surface area contributed by atoms with Gasteiger partial charge in [-0.1, -0.05) is 13.3 Å². The number of carbonyl (C=O) groups excluding carboxylic acids is 1. The van der Waals surface area contributed by atoms with Gasteiger partial charge in [0, 0.05) is 13.1 Å². The van der Waals surface area contributed by atoms with Gasteiger partial charge in [-0.2, -0.15) is 0 Å². The first-order valence-corrected chi connectivity index (χ1v) is 6.93. The van der Waals surface area contributed by atoms with Gasteiger partial charge >= 0.3 is 5.97 Å². The van der Waals surface area contributed by atoms with Crippen molar-refractivity contribution in [2.24, 2.45) is 5.41 Å². The Morgan fingerprint density at radius 2 is 2.10 bits per heavy atom. The number of rotatable bonds is 4. The number of carboxylic acids is 1. The molecule has 110 valence electrons. The number of likely N-dealkylation sites (tertiary alicyclic amines) is 1. The molecule has 0 atom stereocenters. The molecule has 6 heteroatoms. The smallest absolute Gasteiger partial charge is 0.309 e. The summed E-state index contributed by atoms with van der Waals surface area (Å²) >= 11 is 0. The van der Waals surface area contributed by atoms with Crippen LogP contribution in [0.3, 0.4) is 0 Å². The molecular weight excluding hydrogens is 260 g/mol. The van der Waals surface area contributed by atoms with Crippen molar-refractivity contribution in [3.63, 3.8) is 0 Å². The van der Waals surface area contributed by atoms with Crippen molar-refractivity contribution in [1.29, 1.82) is 0 Å². The molecule has 0 saturated carbocycles. The molecule has 2 rings (SSSR count). The Balaban J connectivity index is 2.05. The quantitative estimate of drug-likeness (QED) is 0.913. The second-order valence-electron chi connectivity index (χ2n) is 5.39. The molecule has 2 heterocycles. The average molecular weight is 280 g/mol. The highest BCUT2D eigenvalue weighted by atomic mass is 16.4. The van der Waals surface area contributed by atoms with Gasteiger partial charge < -0.3 is 14.4 Å². The van der Waals surface area contributed by atoms with E-state index < -0.39 is 11.4 Å². The number of amides is 1. The van der Waals surface area contributed by atoms with Crippen LogP contribution in [-0.4, -0.2) is 40.0 Å². The van der Waals surface area contributed by atoms with Gasteiger partial charge in [-0.05, 0) is 26.2 Å². The van der Waals surface area contributed by atoms with Crippen molar-refractivity contribution < 1.29 is 19.1 Å². The molecule has 0 unspecified atom stereocenters. The van der Waals surface area contributed by atoms with Gasteiger partial charge in [0.25, 0.3) is 5.91 Å². The summed E-state index contributed by atoms with van der Waals surface area (Å²) < 4.78 is 5.11. The largest absolute Gasteiger partial charge is 0.481 e. The van der Waals surface area contributed by atoms with Gasteiger partial charge in [0.15, 0.2) is 6.39 Å². The van der Waals surface area contributed by atoms with E-state index in [4.69, 9.17) is 4.42 Å². The topological polar surface area (TPSA) is 83.6 Å². The lowest BCUT2D eigenvalue weighted by Crippen LogP contribution is -2.46. The number of aliphatic carboxylic acids is 1. The van der Waals surface area contributed by atoms with E-state index in [0.717, 1.165) is 6.42 Å². The first-order chi connectivity index (χ1) is 9.50. The van der Waals surface area contributed by atoms with Gasteiger partial charge in [0.2, 0.25) is 5.76 Å². The fraction of sp³-hybridized carbons (Fsp3) is 0.643. The maximum Gasteiger partial charge on any atom is 0.309 e. The molecule has 1 N–H and O–H groups in total. The summed E-state index contributed by atoms with van der Waals surface area (Å²) in [6.45, 7) is 4.61. The Morgan fingerprint density at radius 1 is 1.45 bits per heavy atom. The van der Waals surface area contributed by atoms with Crippen molar-refractivity contribution in [1.82, 2.24) is 9.88 Å². The van der Waals surface area contributed by atoms with Crippen LogP contribution in [0.2, 0.25) is 0 Å². The molecule has 1 aliphatic heterocycles. The molecule has 1 fully saturated rings. The SMILES string of the molecule is CCCC1(C(=O)O)CCN(C(=O)c2ocnc2C)CC1. The molecule has 1 aromatic heterocycles. The van der Waals surface area contributed by atoms with Crippen molar-refractivity contribution in [3.8, 4) is 0 Å². The molecule has 1 saturated heterocycles. The fourth-order valence-corrected chi connectivity index (χ4v) is 2.84. The van der Waals surface area contributed by atoms with Crippen molar-refractivity contribution in [2.45, 2.75) is 39.5 Å². The summed E-state index contributed by atoms with van der Waals surface area (Å²) in [5.41, 5.74) is -0.110. The Morgan fingerprint density at radius 3 is 2.55 bits per heavy atom. The van der Waals surface area contributed by atoms with E-state index in [9.17, 15) is 14.7 Å². The second-order valence-corrected chi connectivity index (χ2v) is 5.39. The molecule has 20 heavy (non-hydrogen) atoms. The highest BCUT2D eigenvalue weighted by molar-refractivity contribution is 5.92. The number of hydrogen-bond acceptors (Lipinski definition) is 4. The number of oxazole rings is 1. The molecule has 1 aliphatic rings. The van der Waals surface area contributed by atoms with Gasteiger partial charge in [-0.15, -0.1) is 0 Å². The standard InChI is InChI=1S/C14H20N2O4/c1-3-4-14(13(18)19)5-7-16(8-6-14)12(17)11-10(2)15-9-20-11/h9H,3-8H2,1-2H3,(H,18,19). The summed E-state index contributed by atoms with van der Waals surface area (Å²) in [5.74, 6) is -0.693. The molecule has 1 aromatic rings. The van der Waals surface area contributed by atoms with Gasteiger partial charge in [-0.3, -0.25) is 9.59 Å². The molecule has 6 nitrogen and oxygen atoms in total. The minimum Gasteiger partial charge on any atom is -0.481 e. The number of hydrogen-bond donors (Lipinski definition) is 1. The normalized spacial score (nSPS) is 18.0. The maximum atomic E-state index is 12.3. The Labute approximate surface area is 117 Å². The zero-order chi connectivity index (χ0) is 14.8. The van der Waals surface area contributed by atoms with Gasteiger partial charge in [0.1, 0.15) is 0 Å². The zero-order valence-corrected chi connectivity index (χ0v) is 11.9. The third kappa shape index (κ3) is 2.55. The van der Waals surface area contributed by atoms with Crippen LogP contribution in [0.25, 0.3) is 0 Å². The lowest BCUT2D eigenvalue weighted by molar-refractivity contribution is -0.152. The number of nitrogens with zero attached hydrogens (tertiary/aromatic N) is 2. The average Bonchev–Trinajstić information content (AvgIpc) is 2.85. The minimum absolute atomic E-state index is 0.199. The molecule has 0 aromatic carbocycles. The molecule has 0 spiro atoms. The fourth-order valence-electron chi connectivity index (χ4n) is 2.84. The first-order valence-electron chi connectivity index (χ1n) is 6.93. The summed E-state index contributed by atoms with van der Waals surface area (Å²) in [7, 11) is 0. The van der Waals surface area contributed by atoms with Gasteiger partial charge in [0.05, 0.1) is 11.1 Å². The van der Waals surface area contributed by atoms with Crippen LogP contribution in [0.1, 0.15) is 48.9 Å². The number of aryl methyl sites for hydroxylation is 1. The maximum absolute atomic E-state index is 12.3. The monoisotopic (exact) mass is 280 g/mol. The van der Waals surface area contributed by atoms with Crippen LogP contribution in [0.5, 0.6) is 0 Å². The Hall–Kier alpha value is -1.85. The van der Waals surface area contributed by atoms with E-state index in [0.29, 0.717) is 38.0 Å². The van der Waals surface area contributed by atoms with Crippen LogP contribution in [0, 0.1) is 12.3 Å². The Bertz CT molecular complexity index is 501. The number of carbonyl (C=O) groups is 2. The molecule has 0 radical (unpaired) electrons. The summed E-state index contributed by atoms with van der Waals surface area (Å²) in [6, 6.07) is 0. The predicted molar refractivity (Wildman–Crippen MR) is 71.4 cm³/mol. The molecular formula is C14H20N2O4.